The van der Waals surface area contributed by atoms with Crippen molar-refractivity contribution in [2.75, 3.05) is 5.73 Å². The Hall–Kier alpha value is -2.31. The van der Waals surface area contributed by atoms with Crippen molar-refractivity contribution < 1.29 is 4.79 Å². The third kappa shape index (κ3) is 2.20. The van der Waals surface area contributed by atoms with E-state index in [1.807, 2.05) is 6.07 Å². The Kier molecular flexibility index (Phi) is 3.31. The number of ketones is 1. The highest BCUT2D eigenvalue weighted by molar-refractivity contribution is 6.35. The van der Waals surface area contributed by atoms with Crippen molar-refractivity contribution in [1.82, 2.24) is 0 Å². The van der Waals surface area contributed by atoms with Crippen molar-refractivity contribution in [3.8, 4) is 6.07 Å². The third-order valence-corrected chi connectivity index (χ3v) is 2.88. The van der Waals surface area contributed by atoms with Gasteiger partial charge in [0.2, 0.25) is 0 Å². The first-order valence-corrected chi connectivity index (χ1v) is 5.60. The van der Waals surface area contributed by atoms with Gasteiger partial charge in [-0.15, -0.1) is 0 Å². The number of benzene rings is 2. The van der Waals surface area contributed by atoms with E-state index in [0.29, 0.717) is 27.4 Å². The largest absolute Gasteiger partial charge is 0.398 e. The van der Waals surface area contributed by atoms with Crippen LogP contribution in [-0.2, 0) is 0 Å². The fourth-order valence-electron chi connectivity index (χ4n) is 1.61. The molecule has 18 heavy (non-hydrogen) atoms. The number of nitrogen functional groups attached to an aromatic ring is 1. The number of hydrogen-bond acceptors (Lipinski definition) is 3. The van der Waals surface area contributed by atoms with Gasteiger partial charge >= 0.3 is 0 Å². The smallest absolute Gasteiger partial charge is 0.196 e. The zero-order valence-electron chi connectivity index (χ0n) is 9.35. The molecule has 0 spiro atoms. The van der Waals surface area contributed by atoms with Crippen molar-refractivity contribution in [2.24, 2.45) is 0 Å². The summed E-state index contributed by atoms with van der Waals surface area (Å²) in [6.45, 7) is 0. The molecule has 0 aliphatic heterocycles. The number of halogens is 1. The summed E-state index contributed by atoms with van der Waals surface area (Å²) >= 11 is 5.97. The Morgan fingerprint density at radius 1 is 1.17 bits per heavy atom. The maximum Gasteiger partial charge on any atom is 0.196 e. The van der Waals surface area contributed by atoms with Gasteiger partial charge in [0.1, 0.15) is 0 Å². The number of nitriles is 1. The summed E-state index contributed by atoms with van der Waals surface area (Å²) in [5, 5.41) is 9.20. The van der Waals surface area contributed by atoms with Crippen LogP contribution in [0.2, 0.25) is 5.02 Å². The van der Waals surface area contributed by atoms with Gasteiger partial charge in [0, 0.05) is 16.8 Å². The molecule has 2 aromatic carbocycles. The van der Waals surface area contributed by atoms with Crippen LogP contribution in [0.3, 0.4) is 0 Å². The fraction of sp³-hybridized carbons (Fsp3) is 0. The van der Waals surface area contributed by atoms with Gasteiger partial charge in [0.15, 0.2) is 5.78 Å². The molecule has 0 saturated carbocycles. The van der Waals surface area contributed by atoms with Gasteiger partial charge in [-0.25, -0.2) is 0 Å². The molecule has 88 valence electrons. The average Bonchev–Trinajstić information content (AvgIpc) is 2.39. The van der Waals surface area contributed by atoms with E-state index in [0.717, 1.165) is 0 Å². The molecule has 0 bridgehead atoms. The van der Waals surface area contributed by atoms with Crippen LogP contribution in [0.5, 0.6) is 0 Å². The van der Waals surface area contributed by atoms with Crippen LogP contribution in [0.4, 0.5) is 5.69 Å². The lowest BCUT2D eigenvalue weighted by atomic mass is 10.00. The average molecular weight is 257 g/mol. The molecule has 0 atom stereocenters. The summed E-state index contributed by atoms with van der Waals surface area (Å²) in [5.74, 6) is -0.282. The molecular formula is C14H9ClN2O. The molecule has 0 aromatic heterocycles. The number of anilines is 1. The van der Waals surface area contributed by atoms with E-state index in [2.05, 4.69) is 0 Å². The molecule has 2 aromatic rings. The highest BCUT2D eigenvalue weighted by Gasteiger charge is 2.15. The van der Waals surface area contributed by atoms with E-state index < -0.39 is 0 Å². The topological polar surface area (TPSA) is 66.9 Å². The molecule has 0 amide bonds. The number of nitrogens with zero attached hydrogens (tertiary/aromatic N) is 1. The van der Waals surface area contributed by atoms with Gasteiger partial charge in [-0.2, -0.15) is 5.26 Å². The summed E-state index contributed by atoms with van der Waals surface area (Å²) in [5.41, 5.74) is 7.15. The second-order valence-electron chi connectivity index (χ2n) is 3.72. The number of nitrogens with two attached hydrogens (primary N) is 1. The number of carbonyl (C=O) groups excluding carboxylic acids is 1. The van der Waals surface area contributed by atoms with E-state index in [4.69, 9.17) is 22.6 Å². The van der Waals surface area contributed by atoms with E-state index in [1.165, 1.54) is 6.07 Å². The third-order valence-electron chi connectivity index (χ3n) is 2.55. The molecule has 0 aliphatic carbocycles. The van der Waals surface area contributed by atoms with Crippen LogP contribution in [0, 0.1) is 11.3 Å². The van der Waals surface area contributed by atoms with E-state index >= 15 is 0 Å². The lowest BCUT2D eigenvalue weighted by Crippen LogP contribution is -2.06. The van der Waals surface area contributed by atoms with Crippen molar-refractivity contribution in [3.05, 3.63) is 64.2 Å². The van der Waals surface area contributed by atoms with Crippen LogP contribution < -0.4 is 5.73 Å². The quantitative estimate of drug-likeness (QED) is 0.663. The first-order chi connectivity index (χ1) is 8.63. The van der Waals surface area contributed by atoms with Crippen molar-refractivity contribution in [2.45, 2.75) is 0 Å². The zero-order chi connectivity index (χ0) is 13.1. The molecule has 2 N–H and O–H groups in total. The molecule has 0 radical (unpaired) electrons. The lowest BCUT2D eigenvalue weighted by Gasteiger charge is -2.06. The van der Waals surface area contributed by atoms with Crippen molar-refractivity contribution in [3.63, 3.8) is 0 Å². The SMILES string of the molecule is N#Cc1ccc(N)c(C(=O)c2ccccc2Cl)c1. The molecule has 0 heterocycles. The minimum atomic E-state index is -0.282. The highest BCUT2D eigenvalue weighted by atomic mass is 35.5. The van der Waals surface area contributed by atoms with Gasteiger partial charge < -0.3 is 5.73 Å². The van der Waals surface area contributed by atoms with E-state index in [-0.39, 0.29) is 5.78 Å². The van der Waals surface area contributed by atoms with Gasteiger partial charge in [-0.1, -0.05) is 23.7 Å². The predicted octanol–water partition coefficient (Wildman–Crippen LogP) is 3.02. The minimum absolute atomic E-state index is 0.282. The summed E-state index contributed by atoms with van der Waals surface area (Å²) in [4.78, 5) is 12.3. The normalized spacial score (nSPS) is 9.78. The Balaban J connectivity index is 2.53. The maximum absolute atomic E-state index is 12.3. The second-order valence-corrected chi connectivity index (χ2v) is 4.13. The Bertz CT molecular complexity index is 659. The van der Waals surface area contributed by atoms with Crippen LogP contribution in [-0.4, -0.2) is 5.78 Å². The number of rotatable bonds is 2. The van der Waals surface area contributed by atoms with Crippen molar-refractivity contribution >= 4 is 23.1 Å². The van der Waals surface area contributed by atoms with Crippen LogP contribution >= 0.6 is 11.6 Å². The van der Waals surface area contributed by atoms with Gasteiger partial charge in [-0.05, 0) is 30.3 Å². The van der Waals surface area contributed by atoms with Crippen LogP contribution in [0.1, 0.15) is 21.5 Å². The maximum atomic E-state index is 12.3. The van der Waals surface area contributed by atoms with Gasteiger partial charge in [0.05, 0.1) is 16.7 Å². The predicted molar refractivity (Wildman–Crippen MR) is 70.5 cm³/mol. The first-order valence-electron chi connectivity index (χ1n) is 5.22. The zero-order valence-corrected chi connectivity index (χ0v) is 10.1. The first kappa shape index (κ1) is 12.2. The minimum Gasteiger partial charge on any atom is -0.398 e. The highest BCUT2D eigenvalue weighted by Crippen LogP contribution is 2.23. The Labute approximate surface area is 109 Å². The molecule has 4 heteroatoms. The number of hydrogen-bond donors (Lipinski definition) is 1. The second kappa shape index (κ2) is 4.91. The Morgan fingerprint density at radius 3 is 2.56 bits per heavy atom. The summed E-state index contributed by atoms with van der Waals surface area (Å²) < 4.78 is 0. The fourth-order valence-corrected chi connectivity index (χ4v) is 1.83. The van der Waals surface area contributed by atoms with E-state index in [1.54, 1.807) is 36.4 Å². The van der Waals surface area contributed by atoms with Gasteiger partial charge in [0.25, 0.3) is 0 Å². The van der Waals surface area contributed by atoms with E-state index in [9.17, 15) is 4.79 Å². The monoisotopic (exact) mass is 256 g/mol. The molecule has 2 rings (SSSR count). The van der Waals surface area contributed by atoms with Crippen LogP contribution in [0.15, 0.2) is 42.5 Å². The molecule has 3 nitrogen and oxygen atoms in total. The van der Waals surface area contributed by atoms with Crippen molar-refractivity contribution in [1.29, 1.82) is 5.26 Å². The molecule has 0 unspecified atom stereocenters. The molecular weight excluding hydrogens is 248 g/mol. The Morgan fingerprint density at radius 2 is 1.89 bits per heavy atom. The summed E-state index contributed by atoms with van der Waals surface area (Å²) in [6.07, 6.45) is 0. The summed E-state index contributed by atoms with van der Waals surface area (Å²) in [7, 11) is 0. The molecule has 0 aliphatic rings. The van der Waals surface area contributed by atoms with Crippen LogP contribution in [0.25, 0.3) is 0 Å². The number of carbonyl (C=O) groups is 1. The summed E-state index contributed by atoms with van der Waals surface area (Å²) in [6, 6.07) is 13.3. The lowest BCUT2D eigenvalue weighted by molar-refractivity contribution is 0.103. The standard InChI is InChI=1S/C14H9ClN2O/c15-12-4-2-1-3-10(12)14(18)11-7-9(8-16)5-6-13(11)17/h1-7H,17H2. The molecule has 0 fully saturated rings. The molecule has 0 saturated heterocycles. The van der Waals surface area contributed by atoms with Gasteiger partial charge in [-0.3, -0.25) is 4.79 Å².